The summed E-state index contributed by atoms with van der Waals surface area (Å²) in [5.41, 5.74) is 8.03. The summed E-state index contributed by atoms with van der Waals surface area (Å²) >= 11 is 0. The van der Waals surface area contributed by atoms with Crippen LogP contribution in [0.5, 0.6) is 0 Å². The third-order valence-corrected chi connectivity index (χ3v) is 6.87. The molecule has 0 aliphatic carbocycles. The number of nitrogens with zero attached hydrogens (tertiary/aromatic N) is 6. The van der Waals surface area contributed by atoms with E-state index < -0.39 is 23.5 Å². The number of rotatable bonds is 8. The first-order valence-electron chi connectivity index (χ1n) is 12.7. The van der Waals surface area contributed by atoms with Gasteiger partial charge in [-0.3, -0.25) is 14.4 Å². The molecule has 0 saturated carbocycles. The molecule has 2 aliphatic heterocycles. The lowest BCUT2D eigenvalue weighted by molar-refractivity contribution is -0.155. The van der Waals surface area contributed by atoms with Crippen molar-refractivity contribution in [3.05, 3.63) is 53.7 Å². The number of carbonyl (C=O) groups excluding carboxylic acids is 3. The van der Waals surface area contributed by atoms with Crippen molar-refractivity contribution < 1.29 is 19.1 Å². The van der Waals surface area contributed by atoms with Gasteiger partial charge in [0, 0.05) is 62.8 Å². The molecular formula is C27H33N7O4. The van der Waals surface area contributed by atoms with Gasteiger partial charge in [-0.25, -0.2) is 9.97 Å². The highest BCUT2D eigenvalue weighted by Crippen LogP contribution is 2.31. The summed E-state index contributed by atoms with van der Waals surface area (Å²) < 4.78 is 9.47. The fraction of sp³-hybridized carbons (Fsp3) is 0.444. The van der Waals surface area contributed by atoms with E-state index in [1.165, 1.54) is 4.90 Å². The van der Waals surface area contributed by atoms with Gasteiger partial charge < -0.3 is 29.4 Å². The molecule has 0 bridgehead atoms. The van der Waals surface area contributed by atoms with Crippen LogP contribution in [0.25, 0.3) is 11.3 Å². The van der Waals surface area contributed by atoms with Gasteiger partial charge in [0.2, 0.25) is 11.9 Å². The standard InChI is InChI=1S/C27H33N7O4/c1-27(2,3)38-23(35)8-7-21(24(28)36)34-14-18-13-17(5-6-19(18)25(34)37)20-15-31(4)22(30-20)16-33-12-11-32-10-9-29-26(32)33/h5-6,9-10,13,15,21H,7-8,11-12,14,16H2,1-4H3,(H2,28,36). The Bertz CT molecular complexity index is 1400. The number of hydrogen-bond donors (Lipinski definition) is 1. The molecule has 11 nitrogen and oxygen atoms in total. The Morgan fingerprint density at radius 2 is 2.00 bits per heavy atom. The number of nitrogens with two attached hydrogens (primary N) is 1. The quantitative estimate of drug-likeness (QED) is 0.452. The van der Waals surface area contributed by atoms with E-state index in [-0.39, 0.29) is 25.3 Å². The number of aryl methyl sites for hydroxylation is 1. The van der Waals surface area contributed by atoms with Crippen LogP contribution in [0.2, 0.25) is 0 Å². The molecule has 1 unspecified atom stereocenters. The van der Waals surface area contributed by atoms with Crippen LogP contribution in [0.15, 0.2) is 36.8 Å². The summed E-state index contributed by atoms with van der Waals surface area (Å²) in [4.78, 5) is 50.6. The Kier molecular flexibility index (Phi) is 6.46. The predicted octanol–water partition coefficient (Wildman–Crippen LogP) is 2.24. The topological polar surface area (TPSA) is 129 Å². The van der Waals surface area contributed by atoms with Crippen LogP contribution in [0.4, 0.5) is 5.95 Å². The first kappa shape index (κ1) is 25.5. The normalized spacial score (nSPS) is 15.5. The number of anilines is 1. The number of hydrogen-bond acceptors (Lipinski definition) is 7. The largest absolute Gasteiger partial charge is 0.460 e. The number of ether oxygens (including phenoxy) is 1. The van der Waals surface area contributed by atoms with Crippen molar-refractivity contribution in [2.45, 2.75) is 64.9 Å². The van der Waals surface area contributed by atoms with Crippen LogP contribution in [0.3, 0.4) is 0 Å². The minimum atomic E-state index is -0.902. The zero-order valence-corrected chi connectivity index (χ0v) is 22.2. The van der Waals surface area contributed by atoms with Crippen LogP contribution in [0, 0.1) is 0 Å². The summed E-state index contributed by atoms with van der Waals surface area (Å²) in [5.74, 6) is 0.503. The maximum absolute atomic E-state index is 13.2. The zero-order chi connectivity index (χ0) is 27.2. The molecule has 200 valence electrons. The molecule has 2 N–H and O–H groups in total. The van der Waals surface area contributed by atoms with Gasteiger partial charge in [0.25, 0.3) is 5.91 Å². The number of amides is 2. The van der Waals surface area contributed by atoms with Gasteiger partial charge in [0.05, 0.1) is 12.2 Å². The lowest BCUT2D eigenvalue weighted by atomic mass is 10.0. The second kappa shape index (κ2) is 9.62. The van der Waals surface area contributed by atoms with Crippen molar-refractivity contribution in [2.24, 2.45) is 12.8 Å². The van der Waals surface area contributed by atoms with Gasteiger partial charge in [-0.1, -0.05) is 6.07 Å². The minimum absolute atomic E-state index is 0.00970. The second-order valence-corrected chi connectivity index (χ2v) is 10.8. The average molecular weight is 520 g/mol. The fourth-order valence-electron chi connectivity index (χ4n) is 5.05. The highest BCUT2D eigenvalue weighted by Gasteiger charge is 2.36. The Labute approximate surface area is 221 Å². The molecule has 4 heterocycles. The van der Waals surface area contributed by atoms with Gasteiger partial charge >= 0.3 is 5.97 Å². The average Bonchev–Trinajstić information content (AvgIpc) is 3.59. The molecule has 2 aliphatic rings. The molecule has 2 amide bonds. The van der Waals surface area contributed by atoms with Crippen molar-refractivity contribution in [2.75, 3.05) is 11.4 Å². The molecule has 38 heavy (non-hydrogen) atoms. The Morgan fingerprint density at radius 3 is 2.74 bits per heavy atom. The molecule has 11 heteroatoms. The first-order chi connectivity index (χ1) is 18.0. The molecule has 1 aromatic carbocycles. The van der Waals surface area contributed by atoms with E-state index >= 15 is 0 Å². The zero-order valence-electron chi connectivity index (χ0n) is 22.2. The third-order valence-electron chi connectivity index (χ3n) is 6.87. The maximum atomic E-state index is 13.2. The van der Waals surface area contributed by atoms with Gasteiger partial charge in [0.15, 0.2) is 0 Å². The van der Waals surface area contributed by atoms with Gasteiger partial charge in [-0.2, -0.15) is 0 Å². The molecule has 0 fully saturated rings. The number of esters is 1. The van der Waals surface area contributed by atoms with Crippen molar-refractivity contribution in [3.8, 4) is 11.3 Å². The van der Waals surface area contributed by atoms with E-state index in [0.717, 1.165) is 41.7 Å². The van der Waals surface area contributed by atoms with Crippen molar-refractivity contribution in [3.63, 3.8) is 0 Å². The smallest absolute Gasteiger partial charge is 0.306 e. The first-order valence-corrected chi connectivity index (χ1v) is 12.7. The second-order valence-electron chi connectivity index (χ2n) is 10.8. The molecule has 0 radical (unpaired) electrons. The van der Waals surface area contributed by atoms with Crippen LogP contribution in [0.1, 0.15) is 55.4 Å². The van der Waals surface area contributed by atoms with Gasteiger partial charge in [-0.15, -0.1) is 0 Å². The van der Waals surface area contributed by atoms with Gasteiger partial charge in [-0.05, 0) is 44.9 Å². The number of benzene rings is 1. The summed E-state index contributed by atoms with van der Waals surface area (Å²) in [7, 11) is 1.97. The lowest BCUT2D eigenvalue weighted by Gasteiger charge is -2.25. The third kappa shape index (κ3) is 5.00. The fourth-order valence-corrected chi connectivity index (χ4v) is 5.05. The number of carbonyl (C=O) groups is 3. The molecular weight excluding hydrogens is 486 g/mol. The van der Waals surface area contributed by atoms with Crippen LogP contribution in [-0.4, -0.2) is 60.0 Å². The number of fused-ring (bicyclic) bond motifs is 2. The highest BCUT2D eigenvalue weighted by molar-refractivity contribution is 6.01. The number of imidazole rings is 2. The van der Waals surface area contributed by atoms with Crippen LogP contribution >= 0.6 is 0 Å². The Morgan fingerprint density at radius 1 is 1.21 bits per heavy atom. The summed E-state index contributed by atoms with van der Waals surface area (Å²) in [6, 6.07) is 4.67. The Balaban J connectivity index is 1.30. The van der Waals surface area contributed by atoms with Crippen molar-refractivity contribution >= 4 is 23.7 Å². The van der Waals surface area contributed by atoms with Crippen LogP contribution in [-0.2, 0) is 41.0 Å². The van der Waals surface area contributed by atoms with Gasteiger partial charge in [0.1, 0.15) is 17.5 Å². The summed E-state index contributed by atoms with van der Waals surface area (Å²) in [6.45, 7) is 8.01. The minimum Gasteiger partial charge on any atom is -0.460 e. The van der Waals surface area contributed by atoms with Crippen molar-refractivity contribution in [1.82, 2.24) is 24.0 Å². The maximum Gasteiger partial charge on any atom is 0.306 e. The van der Waals surface area contributed by atoms with E-state index in [1.807, 2.05) is 36.1 Å². The Hall–Kier alpha value is -4.15. The molecule has 1 atom stereocenters. The number of primary amides is 1. The highest BCUT2D eigenvalue weighted by atomic mass is 16.6. The van der Waals surface area contributed by atoms with E-state index in [2.05, 4.69) is 14.5 Å². The predicted molar refractivity (Wildman–Crippen MR) is 140 cm³/mol. The molecule has 3 aromatic rings. The molecule has 2 aromatic heterocycles. The van der Waals surface area contributed by atoms with Crippen LogP contribution < -0.4 is 10.6 Å². The number of aromatic nitrogens is 4. The monoisotopic (exact) mass is 519 g/mol. The van der Waals surface area contributed by atoms with E-state index in [1.54, 1.807) is 33.0 Å². The lowest BCUT2D eigenvalue weighted by Crippen LogP contribution is -2.45. The van der Waals surface area contributed by atoms with E-state index in [9.17, 15) is 14.4 Å². The molecule has 0 spiro atoms. The summed E-state index contributed by atoms with van der Waals surface area (Å²) in [5, 5.41) is 0. The SMILES string of the molecule is Cn1cc(-c2ccc3c(c2)CN(C(CCC(=O)OC(C)(C)C)C(N)=O)C3=O)nc1CN1CCn2ccnc21. The van der Waals surface area contributed by atoms with E-state index in [4.69, 9.17) is 15.5 Å². The summed E-state index contributed by atoms with van der Waals surface area (Å²) in [6.07, 6.45) is 5.86. The van der Waals surface area contributed by atoms with E-state index in [0.29, 0.717) is 12.1 Å². The van der Waals surface area contributed by atoms with Crippen molar-refractivity contribution in [1.29, 1.82) is 0 Å². The molecule has 0 saturated heterocycles. The molecule has 5 rings (SSSR count).